The van der Waals surface area contributed by atoms with E-state index in [4.69, 9.17) is 4.52 Å². The summed E-state index contributed by atoms with van der Waals surface area (Å²) in [6.07, 6.45) is 4.44. The number of benzene rings is 1. The van der Waals surface area contributed by atoms with Crippen molar-refractivity contribution >= 4 is 0 Å². The summed E-state index contributed by atoms with van der Waals surface area (Å²) >= 11 is 0. The van der Waals surface area contributed by atoms with Crippen molar-refractivity contribution in [1.82, 2.24) is 15.0 Å². The molecule has 1 aromatic carbocycles. The van der Waals surface area contributed by atoms with Crippen LogP contribution in [0.15, 0.2) is 16.7 Å². The molecule has 1 aromatic heterocycles. The minimum Gasteiger partial charge on any atom is -0.507 e. The molecule has 1 aliphatic rings. The average molecular weight is 357 g/mol. The van der Waals surface area contributed by atoms with E-state index >= 15 is 0 Å². The van der Waals surface area contributed by atoms with Crippen molar-refractivity contribution in [3.05, 3.63) is 29.1 Å². The van der Waals surface area contributed by atoms with Gasteiger partial charge in [-0.25, -0.2) is 0 Å². The maximum atomic E-state index is 10.8. The van der Waals surface area contributed by atoms with E-state index in [9.17, 15) is 5.11 Å². The van der Waals surface area contributed by atoms with Gasteiger partial charge in [0.1, 0.15) is 5.75 Å². The summed E-state index contributed by atoms with van der Waals surface area (Å²) in [5.41, 5.74) is 2.85. The number of phenols is 1. The molecular formula is C21H31N3O2. The summed E-state index contributed by atoms with van der Waals surface area (Å²) < 4.78 is 5.57. The van der Waals surface area contributed by atoms with E-state index in [-0.39, 0.29) is 11.8 Å². The minimum absolute atomic E-state index is 0.282. The van der Waals surface area contributed by atoms with Crippen LogP contribution < -0.4 is 0 Å². The quantitative estimate of drug-likeness (QED) is 0.750. The fourth-order valence-corrected chi connectivity index (χ4v) is 3.57. The summed E-state index contributed by atoms with van der Waals surface area (Å²) in [6.45, 7) is 11.5. The highest BCUT2D eigenvalue weighted by molar-refractivity contribution is 5.61. The standard InChI is InChI=1S/C21H31N3O2/c1-5-14(3)17-11-16(12-18(20(17)25)15(4)6-2)21-22-19(23-26-21)13-24-9-7-8-10-24/h11-12,14-15,25H,5-10,13H2,1-4H3. The zero-order chi connectivity index (χ0) is 18.7. The van der Waals surface area contributed by atoms with Crippen LogP contribution >= 0.6 is 0 Å². The molecule has 2 heterocycles. The number of rotatable bonds is 7. The summed E-state index contributed by atoms with van der Waals surface area (Å²) in [6, 6.07) is 4.03. The third-order valence-corrected chi connectivity index (χ3v) is 5.73. The highest BCUT2D eigenvalue weighted by atomic mass is 16.5. The third kappa shape index (κ3) is 3.93. The lowest BCUT2D eigenvalue weighted by atomic mass is 9.88. The smallest absolute Gasteiger partial charge is 0.257 e. The molecule has 142 valence electrons. The second-order valence-electron chi connectivity index (χ2n) is 7.62. The molecule has 0 bridgehead atoms. The van der Waals surface area contributed by atoms with Crippen LogP contribution in [0.3, 0.4) is 0 Å². The zero-order valence-corrected chi connectivity index (χ0v) is 16.5. The van der Waals surface area contributed by atoms with E-state index in [1.807, 2.05) is 12.1 Å². The molecule has 0 aliphatic carbocycles. The lowest BCUT2D eigenvalue weighted by molar-refractivity contribution is 0.312. The van der Waals surface area contributed by atoms with Gasteiger partial charge in [-0.1, -0.05) is 32.9 Å². The van der Waals surface area contributed by atoms with E-state index in [1.165, 1.54) is 12.8 Å². The number of hydrogen-bond acceptors (Lipinski definition) is 5. The number of phenolic OH excluding ortho intramolecular Hbond substituents is 1. The Bertz CT molecular complexity index is 704. The third-order valence-electron chi connectivity index (χ3n) is 5.73. The molecule has 2 atom stereocenters. The van der Waals surface area contributed by atoms with Crippen molar-refractivity contribution in [2.24, 2.45) is 0 Å². The highest BCUT2D eigenvalue weighted by Crippen LogP contribution is 2.39. The van der Waals surface area contributed by atoms with Gasteiger partial charge in [-0.3, -0.25) is 4.90 Å². The van der Waals surface area contributed by atoms with Crippen LogP contribution in [0.5, 0.6) is 5.75 Å². The Morgan fingerprint density at radius 1 is 1.08 bits per heavy atom. The van der Waals surface area contributed by atoms with E-state index < -0.39 is 0 Å². The molecule has 1 N–H and O–H groups in total. The maximum absolute atomic E-state index is 10.8. The topological polar surface area (TPSA) is 62.4 Å². The van der Waals surface area contributed by atoms with Gasteiger partial charge in [0.2, 0.25) is 0 Å². The SMILES string of the molecule is CCC(C)c1cc(-c2nc(CN3CCCC3)no2)cc(C(C)CC)c1O. The first-order valence-corrected chi connectivity index (χ1v) is 9.95. The molecule has 0 spiro atoms. The number of likely N-dealkylation sites (tertiary alicyclic amines) is 1. The van der Waals surface area contributed by atoms with Gasteiger partial charge in [0.15, 0.2) is 5.82 Å². The van der Waals surface area contributed by atoms with Crippen LogP contribution in [0.1, 0.15) is 82.2 Å². The normalized spacial score (nSPS) is 17.5. The average Bonchev–Trinajstić information content (AvgIpc) is 3.33. The molecule has 1 aliphatic heterocycles. The second-order valence-corrected chi connectivity index (χ2v) is 7.62. The number of aromatic nitrogens is 2. The van der Waals surface area contributed by atoms with Gasteiger partial charge >= 0.3 is 0 Å². The fourth-order valence-electron chi connectivity index (χ4n) is 3.57. The van der Waals surface area contributed by atoms with Crippen molar-refractivity contribution in [3.63, 3.8) is 0 Å². The summed E-state index contributed by atoms with van der Waals surface area (Å²) in [5.74, 6) is 2.28. The predicted molar refractivity (Wildman–Crippen MR) is 103 cm³/mol. The summed E-state index contributed by atoms with van der Waals surface area (Å²) in [5, 5.41) is 15.0. The number of nitrogens with zero attached hydrogens (tertiary/aromatic N) is 3. The molecule has 5 heteroatoms. The molecule has 2 unspecified atom stereocenters. The van der Waals surface area contributed by atoms with Gasteiger partial charge in [-0.2, -0.15) is 4.98 Å². The number of hydrogen-bond donors (Lipinski definition) is 1. The molecule has 1 saturated heterocycles. The Hall–Kier alpha value is -1.88. The first kappa shape index (κ1) is 18.9. The molecule has 5 nitrogen and oxygen atoms in total. The number of aromatic hydroxyl groups is 1. The van der Waals surface area contributed by atoms with E-state index in [0.29, 0.717) is 11.6 Å². The Balaban J connectivity index is 1.94. The monoisotopic (exact) mass is 357 g/mol. The molecule has 0 radical (unpaired) electrons. The van der Waals surface area contributed by atoms with Gasteiger partial charge in [-0.05, 0) is 73.9 Å². The first-order chi connectivity index (χ1) is 12.5. The molecule has 1 fully saturated rings. The Morgan fingerprint density at radius 3 is 2.19 bits per heavy atom. The summed E-state index contributed by atoms with van der Waals surface area (Å²) in [7, 11) is 0. The van der Waals surface area contributed by atoms with Crippen molar-refractivity contribution < 1.29 is 9.63 Å². The molecule has 3 rings (SSSR count). The summed E-state index contributed by atoms with van der Waals surface area (Å²) in [4.78, 5) is 6.99. The van der Waals surface area contributed by atoms with Gasteiger partial charge in [0, 0.05) is 5.56 Å². The lowest BCUT2D eigenvalue weighted by Gasteiger charge is -2.19. The van der Waals surface area contributed by atoms with Gasteiger partial charge in [0.05, 0.1) is 6.54 Å². The van der Waals surface area contributed by atoms with Crippen LogP contribution in [0.4, 0.5) is 0 Å². The Kier molecular flexibility index (Phi) is 5.97. The molecule has 0 amide bonds. The molecule has 0 saturated carbocycles. The van der Waals surface area contributed by atoms with Crippen molar-refractivity contribution in [2.45, 2.75) is 71.8 Å². The molecular weight excluding hydrogens is 326 g/mol. The van der Waals surface area contributed by atoms with Gasteiger partial charge in [-0.15, -0.1) is 0 Å². The fraction of sp³-hybridized carbons (Fsp3) is 0.619. The van der Waals surface area contributed by atoms with E-state index in [1.54, 1.807) is 0 Å². The first-order valence-electron chi connectivity index (χ1n) is 9.95. The van der Waals surface area contributed by atoms with Crippen LogP contribution in [0.25, 0.3) is 11.5 Å². The van der Waals surface area contributed by atoms with E-state index in [0.717, 1.165) is 55.0 Å². The van der Waals surface area contributed by atoms with E-state index in [2.05, 4.69) is 42.7 Å². The predicted octanol–water partition coefficient (Wildman–Crippen LogP) is 5.07. The Morgan fingerprint density at radius 2 is 1.65 bits per heavy atom. The van der Waals surface area contributed by atoms with Crippen molar-refractivity contribution in [1.29, 1.82) is 0 Å². The lowest BCUT2D eigenvalue weighted by Crippen LogP contribution is -2.19. The van der Waals surface area contributed by atoms with Crippen molar-refractivity contribution in [3.8, 4) is 17.2 Å². The van der Waals surface area contributed by atoms with Crippen molar-refractivity contribution in [2.75, 3.05) is 13.1 Å². The molecule has 26 heavy (non-hydrogen) atoms. The largest absolute Gasteiger partial charge is 0.507 e. The van der Waals surface area contributed by atoms with Crippen LogP contribution in [0, 0.1) is 0 Å². The molecule has 2 aromatic rings. The van der Waals surface area contributed by atoms with Gasteiger partial charge in [0.25, 0.3) is 5.89 Å². The minimum atomic E-state index is 0.282. The second kappa shape index (κ2) is 8.21. The van der Waals surface area contributed by atoms with Crippen LogP contribution in [-0.4, -0.2) is 33.2 Å². The van der Waals surface area contributed by atoms with Gasteiger partial charge < -0.3 is 9.63 Å². The van der Waals surface area contributed by atoms with Crippen LogP contribution in [-0.2, 0) is 6.54 Å². The Labute approximate surface area is 156 Å². The maximum Gasteiger partial charge on any atom is 0.257 e. The van der Waals surface area contributed by atoms with Crippen LogP contribution in [0.2, 0.25) is 0 Å². The highest BCUT2D eigenvalue weighted by Gasteiger charge is 2.21. The zero-order valence-electron chi connectivity index (χ0n) is 16.5.